The third kappa shape index (κ3) is 7.50. The lowest BCUT2D eigenvalue weighted by Gasteiger charge is -2.18. The number of hydrogen-bond acceptors (Lipinski definition) is 7. The molecule has 1 aromatic rings. The van der Waals surface area contributed by atoms with E-state index in [-0.39, 0.29) is 0 Å². The van der Waals surface area contributed by atoms with Crippen molar-refractivity contribution in [1.82, 2.24) is 5.32 Å². The summed E-state index contributed by atoms with van der Waals surface area (Å²) in [5.74, 6) is -3.32. The second-order valence-electron chi connectivity index (χ2n) is 6.20. The van der Waals surface area contributed by atoms with Gasteiger partial charge in [-0.25, -0.2) is 4.79 Å². The van der Waals surface area contributed by atoms with Gasteiger partial charge in [-0.2, -0.15) is 0 Å². The van der Waals surface area contributed by atoms with Crippen LogP contribution in [0.25, 0.3) is 0 Å². The van der Waals surface area contributed by atoms with Crippen LogP contribution in [-0.4, -0.2) is 56.8 Å². The zero-order valence-corrected chi connectivity index (χ0v) is 15.0. The Labute approximate surface area is 155 Å². The summed E-state index contributed by atoms with van der Waals surface area (Å²) in [4.78, 5) is 30.5. The van der Waals surface area contributed by atoms with Crippen LogP contribution in [0.3, 0.4) is 0 Å². The minimum Gasteiger partial charge on any atom is -0.481 e. The van der Waals surface area contributed by atoms with Crippen LogP contribution in [0.5, 0.6) is 11.5 Å². The summed E-state index contributed by atoms with van der Waals surface area (Å²) in [5.41, 5.74) is -1.51. The average Bonchev–Trinajstić information content (AvgIpc) is 2.99. The first-order valence-corrected chi connectivity index (χ1v) is 8.05. The maximum atomic E-state index is 10.3. The van der Waals surface area contributed by atoms with E-state index in [0.29, 0.717) is 12.8 Å². The van der Waals surface area contributed by atoms with Crippen molar-refractivity contribution in [3.63, 3.8) is 0 Å². The van der Waals surface area contributed by atoms with E-state index in [9.17, 15) is 14.4 Å². The second kappa shape index (κ2) is 9.74. The Morgan fingerprint density at radius 2 is 1.63 bits per heavy atom. The van der Waals surface area contributed by atoms with Crippen molar-refractivity contribution in [3.8, 4) is 11.5 Å². The molecule has 10 nitrogen and oxygen atoms in total. The summed E-state index contributed by atoms with van der Waals surface area (Å²) >= 11 is 0. The summed E-state index contributed by atoms with van der Waals surface area (Å²) in [7, 11) is 0. The fourth-order valence-electron chi connectivity index (χ4n) is 2.09. The number of rotatable bonds is 8. The Balaban J connectivity index is 0.000000271. The van der Waals surface area contributed by atoms with Gasteiger partial charge in [-0.1, -0.05) is 19.9 Å². The molecule has 0 saturated heterocycles. The maximum absolute atomic E-state index is 10.3. The first-order valence-electron chi connectivity index (χ1n) is 8.05. The summed E-state index contributed by atoms with van der Waals surface area (Å²) in [6.07, 6.45) is -2.29. The molecule has 1 heterocycles. The second-order valence-corrected chi connectivity index (χ2v) is 6.20. The lowest BCUT2D eigenvalue weighted by atomic mass is 9.96. The summed E-state index contributed by atoms with van der Waals surface area (Å²) < 4.78 is 10.5. The van der Waals surface area contributed by atoms with Gasteiger partial charge < -0.3 is 35.2 Å². The van der Waals surface area contributed by atoms with Crippen LogP contribution in [0.1, 0.15) is 32.3 Å². The van der Waals surface area contributed by atoms with Crippen LogP contribution in [0.4, 0.5) is 0 Å². The van der Waals surface area contributed by atoms with Crippen molar-refractivity contribution in [2.45, 2.75) is 44.9 Å². The van der Waals surface area contributed by atoms with Crippen LogP contribution < -0.4 is 14.8 Å². The number of carboxylic acid groups (broad SMARTS) is 3. The zero-order chi connectivity index (χ0) is 20.6. The van der Waals surface area contributed by atoms with E-state index in [0.717, 1.165) is 18.0 Å². The summed E-state index contributed by atoms with van der Waals surface area (Å²) in [6.45, 7) is 5.48. The predicted octanol–water partition coefficient (Wildman–Crippen LogP) is 0.665. The van der Waals surface area contributed by atoms with Gasteiger partial charge in [0.25, 0.3) is 0 Å². The molecule has 5 N–H and O–H groups in total. The molecule has 0 fully saturated rings. The number of aliphatic carboxylic acids is 3. The zero-order valence-electron chi connectivity index (χ0n) is 15.0. The van der Waals surface area contributed by atoms with E-state index in [2.05, 4.69) is 25.2 Å². The van der Waals surface area contributed by atoms with E-state index >= 15 is 0 Å². The van der Waals surface area contributed by atoms with Gasteiger partial charge in [0.15, 0.2) is 17.1 Å². The number of ether oxygens (including phenoxy) is 2. The SMILES string of the molecule is CC(C)NCc1ccc2c(c1)OCO2.O=C(O)CC(O)(CC(=O)O)C(=O)O. The van der Waals surface area contributed by atoms with Crippen molar-refractivity contribution in [1.29, 1.82) is 0 Å². The summed E-state index contributed by atoms with van der Waals surface area (Å²) in [6, 6.07) is 6.54. The molecule has 0 atom stereocenters. The Hall–Kier alpha value is -2.85. The van der Waals surface area contributed by atoms with Gasteiger partial charge in [-0.3, -0.25) is 9.59 Å². The van der Waals surface area contributed by atoms with Gasteiger partial charge in [0.05, 0.1) is 12.8 Å². The molecule has 0 unspecified atom stereocenters. The Morgan fingerprint density at radius 1 is 1.07 bits per heavy atom. The molecule has 0 aliphatic carbocycles. The normalized spacial score (nSPS) is 12.3. The van der Waals surface area contributed by atoms with Gasteiger partial charge in [0.1, 0.15) is 0 Å². The molecule has 10 heteroatoms. The number of aliphatic hydroxyl groups is 1. The topological polar surface area (TPSA) is 163 Å². The molecule has 27 heavy (non-hydrogen) atoms. The molecule has 0 radical (unpaired) electrons. The molecule has 1 aliphatic rings. The van der Waals surface area contributed by atoms with Gasteiger partial charge in [0, 0.05) is 12.6 Å². The standard InChI is InChI=1S/C11H15NO2.C6H8O7/c1-8(2)12-6-9-3-4-10-11(5-9)14-7-13-10;7-3(8)1-6(13,5(11)12)2-4(9)10/h3-5,8,12H,6-7H2,1-2H3;13H,1-2H2,(H,7,8)(H,9,10)(H,11,12). The minimum atomic E-state index is -2.74. The third-order valence-corrected chi connectivity index (χ3v) is 3.44. The highest BCUT2D eigenvalue weighted by molar-refractivity contribution is 5.88. The lowest BCUT2D eigenvalue weighted by molar-refractivity contribution is -0.170. The molecule has 0 bridgehead atoms. The Morgan fingerprint density at radius 3 is 2.11 bits per heavy atom. The molecule has 1 aromatic carbocycles. The van der Waals surface area contributed by atoms with Crippen molar-refractivity contribution in [2.24, 2.45) is 0 Å². The van der Waals surface area contributed by atoms with Crippen LogP contribution in [0, 0.1) is 0 Å². The van der Waals surface area contributed by atoms with Crippen molar-refractivity contribution in [3.05, 3.63) is 23.8 Å². The average molecular weight is 385 g/mol. The lowest BCUT2D eigenvalue weighted by Crippen LogP contribution is -2.42. The van der Waals surface area contributed by atoms with Crippen LogP contribution in [-0.2, 0) is 20.9 Å². The molecule has 0 amide bonds. The quantitative estimate of drug-likeness (QED) is 0.430. The minimum absolute atomic E-state index is 0.344. The largest absolute Gasteiger partial charge is 0.481 e. The number of carboxylic acids is 3. The van der Waals surface area contributed by atoms with Crippen molar-refractivity contribution < 1.29 is 44.3 Å². The Kier molecular flexibility index (Phi) is 8.00. The first kappa shape index (κ1) is 22.2. The van der Waals surface area contributed by atoms with Gasteiger partial charge in [-0.15, -0.1) is 0 Å². The van der Waals surface area contributed by atoms with E-state index in [1.165, 1.54) is 5.56 Å². The number of hydrogen-bond donors (Lipinski definition) is 5. The summed E-state index contributed by atoms with van der Waals surface area (Å²) in [5, 5.41) is 37.2. The molecule has 0 spiro atoms. The number of nitrogens with one attached hydrogen (secondary N) is 1. The third-order valence-electron chi connectivity index (χ3n) is 3.44. The molecule has 150 valence electrons. The van der Waals surface area contributed by atoms with E-state index < -0.39 is 36.4 Å². The van der Waals surface area contributed by atoms with E-state index in [1.54, 1.807) is 0 Å². The van der Waals surface area contributed by atoms with E-state index in [4.69, 9.17) is 29.9 Å². The number of fused-ring (bicyclic) bond motifs is 1. The number of carbonyl (C=O) groups is 3. The smallest absolute Gasteiger partial charge is 0.336 e. The molecular formula is C17H23NO9. The van der Waals surface area contributed by atoms with Crippen LogP contribution in [0.2, 0.25) is 0 Å². The molecular weight excluding hydrogens is 362 g/mol. The van der Waals surface area contributed by atoms with Crippen LogP contribution in [0.15, 0.2) is 18.2 Å². The van der Waals surface area contributed by atoms with Gasteiger partial charge in [-0.05, 0) is 17.7 Å². The van der Waals surface area contributed by atoms with Crippen molar-refractivity contribution in [2.75, 3.05) is 6.79 Å². The Bertz CT molecular complexity index is 671. The maximum Gasteiger partial charge on any atom is 0.336 e. The van der Waals surface area contributed by atoms with Crippen LogP contribution >= 0.6 is 0 Å². The highest BCUT2D eigenvalue weighted by Crippen LogP contribution is 2.32. The van der Waals surface area contributed by atoms with E-state index in [1.807, 2.05) is 12.1 Å². The van der Waals surface area contributed by atoms with Crippen molar-refractivity contribution >= 4 is 17.9 Å². The highest BCUT2D eigenvalue weighted by Gasteiger charge is 2.40. The fraction of sp³-hybridized carbons (Fsp3) is 0.471. The van der Waals surface area contributed by atoms with Gasteiger partial charge >= 0.3 is 17.9 Å². The highest BCUT2D eigenvalue weighted by atomic mass is 16.7. The molecule has 0 saturated carbocycles. The molecule has 2 rings (SSSR count). The predicted molar refractivity (Wildman–Crippen MR) is 91.6 cm³/mol. The molecule has 0 aromatic heterocycles. The van der Waals surface area contributed by atoms with Gasteiger partial charge in [0.2, 0.25) is 6.79 Å². The fourth-order valence-corrected chi connectivity index (χ4v) is 2.09. The monoisotopic (exact) mass is 385 g/mol. The number of benzene rings is 1. The molecule has 1 aliphatic heterocycles. The first-order chi connectivity index (χ1) is 12.5.